The van der Waals surface area contributed by atoms with Gasteiger partial charge >= 0.3 is 5.97 Å². The number of esters is 1. The molecular weight excluding hydrogens is 304 g/mol. The van der Waals surface area contributed by atoms with Crippen molar-refractivity contribution in [2.75, 3.05) is 7.11 Å². The number of methoxy groups -OCH3 is 1. The molecule has 130 valence electrons. The molecule has 0 bridgehead atoms. The number of carbonyl (C=O) groups excluding carboxylic acids is 2. The van der Waals surface area contributed by atoms with Gasteiger partial charge in [0, 0.05) is 22.7 Å². The topological polar surface area (TPSA) is 71.2 Å². The molecule has 2 heterocycles. The fourth-order valence-corrected chi connectivity index (χ4v) is 3.21. The first kappa shape index (κ1) is 18.0. The van der Waals surface area contributed by atoms with Crippen LogP contribution in [0.3, 0.4) is 0 Å². The molecule has 1 aromatic heterocycles. The molecule has 1 aliphatic heterocycles. The van der Waals surface area contributed by atoms with Crippen LogP contribution in [-0.2, 0) is 20.7 Å². The summed E-state index contributed by atoms with van der Waals surface area (Å²) in [5, 5.41) is 2.93. The van der Waals surface area contributed by atoms with Crippen LogP contribution in [0.25, 0.3) is 6.08 Å². The molecule has 0 fully saturated rings. The molecule has 2 rings (SSSR count). The zero-order chi connectivity index (χ0) is 18.0. The molecule has 0 aliphatic carbocycles. The normalized spacial score (nSPS) is 17.4. The van der Waals surface area contributed by atoms with E-state index in [0.717, 1.165) is 45.8 Å². The Morgan fingerprint density at radius 3 is 2.54 bits per heavy atom. The van der Waals surface area contributed by atoms with Crippen molar-refractivity contribution in [3.8, 4) is 0 Å². The third-order valence-electron chi connectivity index (χ3n) is 4.75. The Morgan fingerprint density at radius 1 is 1.29 bits per heavy atom. The van der Waals surface area contributed by atoms with E-state index in [9.17, 15) is 9.59 Å². The van der Waals surface area contributed by atoms with Crippen LogP contribution in [0.1, 0.15) is 49.7 Å². The summed E-state index contributed by atoms with van der Waals surface area (Å²) >= 11 is 0. The van der Waals surface area contributed by atoms with Crippen molar-refractivity contribution in [1.29, 1.82) is 0 Å². The fraction of sp³-hybridized carbons (Fsp3) is 0.474. The molecule has 0 aromatic carbocycles. The molecule has 1 unspecified atom stereocenters. The Labute approximate surface area is 143 Å². The Hall–Kier alpha value is -2.30. The molecule has 0 radical (unpaired) electrons. The summed E-state index contributed by atoms with van der Waals surface area (Å²) in [4.78, 5) is 26.9. The quantitative estimate of drug-likeness (QED) is 0.815. The highest BCUT2D eigenvalue weighted by Gasteiger charge is 2.23. The van der Waals surface area contributed by atoms with Gasteiger partial charge in [0.1, 0.15) is 0 Å². The van der Waals surface area contributed by atoms with Gasteiger partial charge in [-0.05, 0) is 56.4 Å². The monoisotopic (exact) mass is 330 g/mol. The van der Waals surface area contributed by atoms with Crippen LogP contribution >= 0.6 is 0 Å². The number of nitrogens with one attached hydrogen (secondary N) is 2. The first-order chi connectivity index (χ1) is 11.3. The molecule has 24 heavy (non-hydrogen) atoms. The number of carbonyl (C=O) groups is 2. The molecule has 1 aliphatic rings. The van der Waals surface area contributed by atoms with Crippen molar-refractivity contribution in [3.05, 3.63) is 39.4 Å². The number of H-pyrrole nitrogens is 1. The van der Waals surface area contributed by atoms with Crippen LogP contribution < -0.4 is 5.32 Å². The predicted octanol–water partition coefficient (Wildman–Crippen LogP) is 3.18. The van der Waals surface area contributed by atoms with Gasteiger partial charge < -0.3 is 15.0 Å². The van der Waals surface area contributed by atoms with Crippen LogP contribution in [0.15, 0.2) is 16.8 Å². The molecule has 5 heteroatoms. The zero-order valence-electron chi connectivity index (χ0n) is 15.3. The lowest BCUT2D eigenvalue weighted by molar-refractivity contribution is -0.144. The number of aromatic nitrogens is 1. The van der Waals surface area contributed by atoms with Crippen molar-refractivity contribution in [2.24, 2.45) is 5.92 Å². The van der Waals surface area contributed by atoms with Crippen molar-refractivity contribution >= 4 is 18.0 Å². The Balaban J connectivity index is 2.34. The third-order valence-corrected chi connectivity index (χ3v) is 4.75. The van der Waals surface area contributed by atoms with E-state index in [2.05, 4.69) is 10.3 Å². The largest absolute Gasteiger partial charge is 0.469 e. The summed E-state index contributed by atoms with van der Waals surface area (Å²) < 4.78 is 4.82. The van der Waals surface area contributed by atoms with E-state index >= 15 is 0 Å². The molecule has 1 aromatic rings. The maximum Gasteiger partial charge on any atom is 0.308 e. The molecular formula is C19H26N2O3. The summed E-state index contributed by atoms with van der Waals surface area (Å²) in [6, 6.07) is 0. The number of aromatic amines is 1. The lowest BCUT2D eigenvalue weighted by atomic mass is 9.97. The van der Waals surface area contributed by atoms with Gasteiger partial charge in [0.15, 0.2) is 0 Å². The second-order valence-electron chi connectivity index (χ2n) is 6.36. The van der Waals surface area contributed by atoms with Gasteiger partial charge in [0.05, 0.1) is 13.0 Å². The van der Waals surface area contributed by atoms with E-state index < -0.39 is 0 Å². The molecule has 1 amide bonds. The maximum absolute atomic E-state index is 11.9. The van der Waals surface area contributed by atoms with E-state index in [0.29, 0.717) is 6.42 Å². The fourth-order valence-electron chi connectivity index (χ4n) is 3.21. The second-order valence-corrected chi connectivity index (χ2v) is 6.36. The van der Waals surface area contributed by atoms with E-state index in [1.54, 1.807) is 0 Å². The number of aryl methyl sites for hydroxylation is 1. The minimum Gasteiger partial charge on any atom is -0.469 e. The highest BCUT2D eigenvalue weighted by Crippen LogP contribution is 2.28. The summed E-state index contributed by atoms with van der Waals surface area (Å²) in [6.45, 7) is 9.81. The van der Waals surface area contributed by atoms with Crippen LogP contribution in [0, 0.1) is 19.8 Å². The first-order valence-corrected chi connectivity index (χ1v) is 8.29. The number of rotatable bonds is 5. The third kappa shape index (κ3) is 3.30. The number of ether oxygens (including phenoxy) is 1. The Bertz CT molecular complexity index is 738. The van der Waals surface area contributed by atoms with Gasteiger partial charge in [-0.1, -0.05) is 13.8 Å². The number of amides is 1. The maximum atomic E-state index is 11.9. The molecule has 1 atom stereocenters. The van der Waals surface area contributed by atoms with E-state index in [1.165, 1.54) is 7.11 Å². The van der Waals surface area contributed by atoms with Gasteiger partial charge in [-0.15, -0.1) is 0 Å². The molecule has 0 saturated carbocycles. The summed E-state index contributed by atoms with van der Waals surface area (Å²) in [7, 11) is 1.41. The molecule has 5 nitrogen and oxygen atoms in total. The van der Waals surface area contributed by atoms with Crippen molar-refractivity contribution in [2.45, 2.75) is 47.5 Å². The summed E-state index contributed by atoms with van der Waals surface area (Å²) in [6.07, 6.45) is 3.43. The molecule has 0 spiro atoms. The average Bonchev–Trinajstić information content (AvgIpc) is 2.97. The lowest BCUT2D eigenvalue weighted by Crippen LogP contribution is -2.16. The zero-order valence-corrected chi connectivity index (χ0v) is 15.3. The van der Waals surface area contributed by atoms with Gasteiger partial charge in [-0.3, -0.25) is 9.59 Å². The van der Waals surface area contributed by atoms with E-state index in [1.807, 2.05) is 40.7 Å². The van der Waals surface area contributed by atoms with Gasteiger partial charge in [0.25, 0.3) is 5.91 Å². The predicted molar refractivity (Wildman–Crippen MR) is 94.3 cm³/mol. The molecule has 0 saturated heterocycles. The van der Waals surface area contributed by atoms with Gasteiger partial charge in [-0.2, -0.15) is 0 Å². The Kier molecular flexibility index (Phi) is 5.32. The SMILES string of the molecule is CCC1=C(C)C(=O)N/C1=C\c1[nH]c(C)c(CC(C)C(=O)OC)c1C. The minimum absolute atomic E-state index is 0.0291. The smallest absolute Gasteiger partial charge is 0.308 e. The minimum atomic E-state index is -0.204. The van der Waals surface area contributed by atoms with Crippen LogP contribution in [0.4, 0.5) is 0 Å². The summed E-state index contributed by atoms with van der Waals surface area (Å²) in [5.74, 6) is -0.424. The van der Waals surface area contributed by atoms with Crippen molar-refractivity contribution in [1.82, 2.24) is 10.3 Å². The number of hydrogen-bond acceptors (Lipinski definition) is 3. The number of hydrogen-bond donors (Lipinski definition) is 2. The summed E-state index contributed by atoms with van der Waals surface area (Å²) in [5.41, 5.74) is 6.93. The standard InChI is InChI=1S/C19H26N2O3/c1-7-14-12(4)18(22)21-17(14)9-16-11(3)15(13(5)20-16)8-10(2)19(23)24-6/h9-10,20H,7-8H2,1-6H3,(H,21,22)/b17-9-. The van der Waals surface area contributed by atoms with Crippen LogP contribution in [0.2, 0.25) is 0 Å². The highest BCUT2D eigenvalue weighted by atomic mass is 16.5. The average molecular weight is 330 g/mol. The van der Waals surface area contributed by atoms with E-state index in [4.69, 9.17) is 4.74 Å². The van der Waals surface area contributed by atoms with E-state index in [-0.39, 0.29) is 17.8 Å². The highest BCUT2D eigenvalue weighted by molar-refractivity contribution is 6.00. The van der Waals surface area contributed by atoms with Crippen molar-refractivity contribution in [3.63, 3.8) is 0 Å². The second kappa shape index (κ2) is 7.07. The van der Waals surface area contributed by atoms with Crippen LogP contribution in [0.5, 0.6) is 0 Å². The molecule has 2 N–H and O–H groups in total. The number of allylic oxidation sites excluding steroid dienone is 1. The first-order valence-electron chi connectivity index (χ1n) is 8.29. The van der Waals surface area contributed by atoms with Crippen molar-refractivity contribution < 1.29 is 14.3 Å². The van der Waals surface area contributed by atoms with Gasteiger partial charge in [0.2, 0.25) is 0 Å². The van der Waals surface area contributed by atoms with Crippen LogP contribution in [-0.4, -0.2) is 24.0 Å². The Morgan fingerprint density at radius 2 is 1.96 bits per heavy atom. The van der Waals surface area contributed by atoms with Gasteiger partial charge in [-0.25, -0.2) is 0 Å². The lowest BCUT2D eigenvalue weighted by Gasteiger charge is -2.09.